The van der Waals surface area contributed by atoms with Crippen molar-refractivity contribution in [1.82, 2.24) is 14.9 Å². The Balaban J connectivity index is 0.000000460. The third-order valence-electron chi connectivity index (χ3n) is 8.48. The molecule has 0 saturated carbocycles. The number of halogens is 4. The predicted octanol–water partition coefficient (Wildman–Crippen LogP) is 8.32. The highest BCUT2D eigenvalue weighted by Crippen LogP contribution is 2.44. The zero-order chi connectivity index (χ0) is 31.6. The Morgan fingerprint density at radius 1 is 0.844 bits per heavy atom. The number of aromatic nitrogens is 2. The topological polar surface area (TPSA) is 78.4 Å². The van der Waals surface area contributed by atoms with Crippen LogP contribution in [0.1, 0.15) is 24.0 Å². The highest BCUT2D eigenvalue weighted by molar-refractivity contribution is 9.10. The number of carbonyl (C=O) groups is 1. The number of hydrogen-bond acceptors (Lipinski definition) is 5. The Bertz CT molecular complexity index is 1820. The molecule has 3 heterocycles. The van der Waals surface area contributed by atoms with Gasteiger partial charge in [0.1, 0.15) is 0 Å². The van der Waals surface area contributed by atoms with E-state index in [1.165, 1.54) is 29.7 Å². The van der Waals surface area contributed by atoms with Gasteiger partial charge in [-0.05, 0) is 61.3 Å². The maximum Gasteiger partial charge on any atom is 0.490 e. The summed E-state index contributed by atoms with van der Waals surface area (Å²) in [6.45, 7) is 4.31. The molecule has 0 unspecified atom stereocenters. The fourth-order valence-electron chi connectivity index (χ4n) is 6.10. The summed E-state index contributed by atoms with van der Waals surface area (Å²) in [5.74, 6) is -2.76. The number of para-hydroxylation sites is 1. The summed E-state index contributed by atoms with van der Waals surface area (Å²) in [6.07, 6.45) is -2.67. The number of anilines is 1. The number of aliphatic carboxylic acids is 1. The molecule has 4 aromatic carbocycles. The molecule has 230 valence electrons. The Labute approximate surface area is 267 Å². The van der Waals surface area contributed by atoms with Crippen molar-refractivity contribution in [1.29, 1.82) is 0 Å². The van der Waals surface area contributed by atoms with Crippen LogP contribution in [0.5, 0.6) is 0 Å². The largest absolute Gasteiger partial charge is 0.490 e. The molecule has 2 N–H and O–H groups in total. The van der Waals surface area contributed by atoms with Gasteiger partial charge in [-0.2, -0.15) is 13.2 Å². The average Bonchev–Trinajstić information content (AvgIpc) is 3.40. The lowest BCUT2D eigenvalue weighted by molar-refractivity contribution is -0.192. The maximum atomic E-state index is 10.6. The lowest BCUT2D eigenvalue weighted by Gasteiger charge is -2.39. The third-order valence-corrected chi connectivity index (χ3v) is 8.97. The first-order chi connectivity index (χ1) is 21.6. The molecule has 1 saturated heterocycles. The number of carboxylic acids is 1. The lowest BCUT2D eigenvalue weighted by Crippen LogP contribution is -2.43. The second kappa shape index (κ2) is 12.6. The van der Waals surface area contributed by atoms with Gasteiger partial charge in [-0.15, -0.1) is 0 Å². The van der Waals surface area contributed by atoms with Crippen molar-refractivity contribution in [3.8, 4) is 22.5 Å². The molecule has 10 heteroatoms. The minimum Gasteiger partial charge on any atom is -0.475 e. The standard InChI is InChI=1S/C33H29BrN4.C2HF3O2/c34-26-14-15-29-30(20-26)37-31(24-6-2-1-3-7-24)32(36-29)25-12-10-23(11-13-25)21-38-18-16-33(17-19-38)22-35-28-9-5-4-8-27(28)33;3-2(4,5)1(6)7/h1-15,20,35H,16-19,21-22H2;(H,6,7). The van der Waals surface area contributed by atoms with Crippen LogP contribution in [0.2, 0.25) is 0 Å². The molecule has 0 aliphatic carbocycles. The molecule has 0 amide bonds. The van der Waals surface area contributed by atoms with Gasteiger partial charge in [0.15, 0.2) is 0 Å². The molecule has 0 bridgehead atoms. The van der Waals surface area contributed by atoms with E-state index in [2.05, 4.69) is 98.9 Å². The number of carboxylic acid groups (broad SMARTS) is 1. The van der Waals surface area contributed by atoms with E-state index in [9.17, 15) is 13.2 Å². The molecule has 7 rings (SSSR count). The van der Waals surface area contributed by atoms with E-state index < -0.39 is 12.1 Å². The molecular formula is C35H30BrF3N4O2. The van der Waals surface area contributed by atoms with Crippen LogP contribution in [-0.2, 0) is 16.8 Å². The first-order valence-electron chi connectivity index (χ1n) is 14.6. The molecule has 0 atom stereocenters. The molecule has 0 radical (unpaired) electrons. The van der Waals surface area contributed by atoms with Crippen molar-refractivity contribution in [2.45, 2.75) is 31.0 Å². The van der Waals surface area contributed by atoms with Crippen LogP contribution in [0.4, 0.5) is 18.9 Å². The van der Waals surface area contributed by atoms with E-state index in [4.69, 9.17) is 19.9 Å². The van der Waals surface area contributed by atoms with E-state index in [-0.39, 0.29) is 0 Å². The predicted molar refractivity (Wildman–Crippen MR) is 173 cm³/mol. The van der Waals surface area contributed by atoms with Gasteiger partial charge in [0, 0.05) is 39.8 Å². The fraction of sp³-hybridized carbons (Fsp3) is 0.229. The third kappa shape index (κ3) is 6.72. The second-order valence-corrected chi connectivity index (χ2v) is 12.3. The number of alkyl halides is 3. The van der Waals surface area contributed by atoms with E-state index >= 15 is 0 Å². The molecule has 2 aliphatic rings. The first-order valence-corrected chi connectivity index (χ1v) is 15.4. The number of benzene rings is 4. The smallest absolute Gasteiger partial charge is 0.475 e. The Morgan fingerprint density at radius 2 is 1.44 bits per heavy atom. The summed E-state index contributed by atoms with van der Waals surface area (Å²) >= 11 is 3.58. The van der Waals surface area contributed by atoms with Crippen molar-refractivity contribution in [2.75, 3.05) is 25.0 Å². The van der Waals surface area contributed by atoms with Gasteiger partial charge >= 0.3 is 12.1 Å². The van der Waals surface area contributed by atoms with Gasteiger partial charge in [0.05, 0.1) is 22.4 Å². The molecule has 45 heavy (non-hydrogen) atoms. The SMILES string of the molecule is Brc1ccc2nc(-c3ccc(CN4CCC5(CC4)CNc4ccccc45)cc3)c(-c3ccccc3)nc2c1.O=C(O)C(F)(F)F. The van der Waals surface area contributed by atoms with Gasteiger partial charge < -0.3 is 10.4 Å². The van der Waals surface area contributed by atoms with Crippen LogP contribution in [0.25, 0.3) is 33.5 Å². The van der Waals surface area contributed by atoms with Crippen LogP contribution in [0.3, 0.4) is 0 Å². The van der Waals surface area contributed by atoms with Crippen LogP contribution >= 0.6 is 15.9 Å². The molecule has 5 aromatic rings. The van der Waals surface area contributed by atoms with E-state index in [1.54, 1.807) is 0 Å². The minimum atomic E-state index is -5.08. The summed E-state index contributed by atoms with van der Waals surface area (Å²) < 4.78 is 32.7. The van der Waals surface area contributed by atoms with Crippen molar-refractivity contribution >= 4 is 38.6 Å². The van der Waals surface area contributed by atoms with E-state index in [0.717, 1.165) is 64.2 Å². The zero-order valence-electron chi connectivity index (χ0n) is 24.2. The van der Waals surface area contributed by atoms with Crippen LogP contribution in [0.15, 0.2) is 102 Å². The van der Waals surface area contributed by atoms with Gasteiger partial charge in [0.25, 0.3) is 0 Å². The van der Waals surface area contributed by atoms with Crippen LogP contribution < -0.4 is 5.32 Å². The normalized spacial score (nSPS) is 15.6. The maximum absolute atomic E-state index is 10.6. The second-order valence-electron chi connectivity index (χ2n) is 11.4. The Hall–Kier alpha value is -4.28. The number of fused-ring (bicyclic) bond motifs is 3. The number of hydrogen-bond donors (Lipinski definition) is 2. The van der Waals surface area contributed by atoms with Gasteiger partial charge in [-0.25, -0.2) is 14.8 Å². The highest BCUT2D eigenvalue weighted by atomic mass is 79.9. The first kappa shape index (κ1) is 30.7. The Morgan fingerprint density at radius 3 is 2.11 bits per heavy atom. The lowest BCUT2D eigenvalue weighted by atomic mass is 9.74. The molecule has 2 aliphatic heterocycles. The fourth-order valence-corrected chi connectivity index (χ4v) is 6.45. The average molecular weight is 676 g/mol. The summed E-state index contributed by atoms with van der Waals surface area (Å²) in [4.78, 5) is 21.6. The van der Waals surface area contributed by atoms with Crippen molar-refractivity contribution < 1.29 is 23.1 Å². The van der Waals surface area contributed by atoms with Gasteiger partial charge in [-0.1, -0.05) is 88.7 Å². The molecule has 1 spiro atoms. The van der Waals surface area contributed by atoms with Crippen molar-refractivity contribution in [3.63, 3.8) is 0 Å². The number of rotatable bonds is 4. The molecular weight excluding hydrogens is 645 g/mol. The number of nitrogens with one attached hydrogen (secondary N) is 1. The minimum absolute atomic E-state index is 0.301. The number of piperidine rings is 1. The van der Waals surface area contributed by atoms with Crippen LogP contribution in [-0.4, -0.2) is 51.8 Å². The van der Waals surface area contributed by atoms with Crippen molar-refractivity contribution in [2.24, 2.45) is 0 Å². The van der Waals surface area contributed by atoms with Gasteiger partial charge in [-0.3, -0.25) is 4.90 Å². The summed E-state index contributed by atoms with van der Waals surface area (Å²) in [6, 6.07) is 34.2. The van der Waals surface area contributed by atoms with Crippen molar-refractivity contribution in [3.05, 3.63) is 113 Å². The Kier molecular flexibility index (Phi) is 8.61. The number of nitrogens with zero attached hydrogens (tertiary/aromatic N) is 3. The zero-order valence-corrected chi connectivity index (χ0v) is 25.8. The summed E-state index contributed by atoms with van der Waals surface area (Å²) in [7, 11) is 0. The molecule has 6 nitrogen and oxygen atoms in total. The quantitative estimate of drug-likeness (QED) is 0.200. The monoisotopic (exact) mass is 674 g/mol. The highest BCUT2D eigenvalue weighted by Gasteiger charge is 2.41. The molecule has 1 aromatic heterocycles. The molecule has 1 fully saturated rings. The van der Waals surface area contributed by atoms with E-state index in [0.29, 0.717) is 5.41 Å². The van der Waals surface area contributed by atoms with Gasteiger partial charge in [0.2, 0.25) is 0 Å². The summed E-state index contributed by atoms with van der Waals surface area (Å²) in [5.41, 5.74) is 10.3. The van der Waals surface area contributed by atoms with E-state index in [1.807, 2.05) is 24.3 Å². The van der Waals surface area contributed by atoms with Crippen LogP contribution in [0, 0.1) is 0 Å². The number of likely N-dealkylation sites (tertiary alicyclic amines) is 1. The summed E-state index contributed by atoms with van der Waals surface area (Å²) in [5, 5.41) is 10.8.